The highest BCUT2D eigenvalue weighted by atomic mass is 35.5. The van der Waals surface area contributed by atoms with Gasteiger partial charge in [0.25, 0.3) is 0 Å². The number of hydrazone groups is 1. The number of carbonyl (C=O) groups is 1. The second kappa shape index (κ2) is 6.25. The fourth-order valence-electron chi connectivity index (χ4n) is 1.06. The highest BCUT2D eigenvalue weighted by Gasteiger charge is 2.05. The topological polar surface area (TPSA) is 67.5 Å². The first-order valence-corrected chi connectivity index (χ1v) is 5.26. The Balaban J connectivity index is 2.56. The van der Waals surface area contributed by atoms with Gasteiger partial charge >= 0.3 is 0 Å². The quantitative estimate of drug-likeness (QED) is 0.615. The summed E-state index contributed by atoms with van der Waals surface area (Å²) in [6, 6.07) is 7.21. The fourth-order valence-corrected chi connectivity index (χ4v) is 1.26. The van der Waals surface area contributed by atoms with Crippen LogP contribution >= 0.6 is 11.6 Å². The van der Waals surface area contributed by atoms with Crippen LogP contribution in [0.1, 0.15) is 12.5 Å². The number of hydrogen-bond donors (Lipinski definition) is 2. The van der Waals surface area contributed by atoms with E-state index in [1.165, 1.54) is 0 Å². The van der Waals surface area contributed by atoms with Crippen LogP contribution in [0.3, 0.4) is 0 Å². The predicted molar refractivity (Wildman–Crippen MR) is 65.5 cm³/mol. The van der Waals surface area contributed by atoms with E-state index < -0.39 is 0 Å². The van der Waals surface area contributed by atoms with Gasteiger partial charge in [0.15, 0.2) is 0 Å². The molecule has 0 bridgehead atoms. The molecule has 4 nitrogen and oxygen atoms in total. The zero-order chi connectivity index (χ0) is 12.0. The molecule has 1 aromatic carbocycles. The summed E-state index contributed by atoms with van der Waals surface area (Å²) in [7, 11) is 0. The lowest BCUT2D eigenvalue weighted by atomic mass is 10.1. The predicted octanol–water partition coefficient (Wildman–Crippen LogP) is 1.33. The maximum absolute atomic E-state index is 11.5. The minimum Gasteiger partial charge on any atom is -0.325 e. The van der Waals surface area contributed by atoms with E-state index in [1.54, 1.807) is 19.1 Å². The van der Waals surface area contributed by atoms with E-state index in [4.69, 9.17) is 17.3 Å². The molecule has 0 saturated heterocycles. The molecule has 0 atom stereocenters. The van der Waals surface area contributed by atoms with Crippen molar-refractivity contribution in [1.29, 1.82) is 0 Å². The molecule has 0 aromatic heterocycles. The van der Waals surface area contributed by atoms with Crippen molar-refractivity contribution < 1.29 is 4.79 Å². The highest BCUT2D eigenvalue weighted by molar-refractivity contribution is 6.31. The van der Waals surface area contributed by atoms with E-state index in [9.17, 15) is 4.79 Å². The van der Waals surface area contributed by atoms with Crippen LogP contribution in [0.25, 0.3) is 0 Å². The zero-order valence-electron chi connectivity index (χ0n) is 9.03. The van der Waals surface area contributed by atoms with Crippen LogP contribution in [0.4, 0.5) is 0 Å². The molecular weight excluding hydrogens is 226 g/mol. The summed E-state index contributed by atoms with van der Waals surface area (Å²) in [5.41, 5.74) is 9.20. The van der Waals surface area contributed by atoms with Gasteiger partial charge in [0.1, 0.15) is 0 Å². The fraction of sp³-hybridized carbons (Fsp3) is 0.273. The van der Waals surface area contributed by atoms with E-state index >= 15 is 0 Å². The summed E-state index contributed by atoms with van der Waals surface area (Å²) >= 11 is 5.92. The third-order valence-corrected chi connectivity index (χ3v) is 2.34. The van der Waals surface area contributed by atoms with Gasteiger partial charge in [0.05, 0.1) is 6.42 Å². The van der Waals surface area contributed by atoms with Gasteiger partial charge in [0.2, 0.25) is 5.91 Å². The molecule has 0 aliphatic heterocycles. The molecule has 5 heteroatoms. The lowest BCUT2D eigenvalue weighted by Crippen LogP contribution is -2.23. The minimum atomic E-state index is -0.207. The SMILES string of the molecule is CC(CN)=NNC(=O)Cc1ccccc1Cl. The molecule has 0 saturated carbocycles. The number of nitrogens with one attached hydrogen (secondary N) is 1. The maximum Gasteiger partial charge on any atom is 0.244 e. The number of nitrogens with two attached hydrogens (primary N) is 1. The van der Waals surface area contributed by atoms with Gasteiger partial charge in [-0.05, 0) is 18.6 Å². The summed E-state index contributed by atoms with van der Waals surface area (Å²) in [5.74, 6) is -0.207. The lowest BCUT2D eigenvalue weighted by Gasteiger charge is -2.03. The second-order valence-electron chi connectivity index (χ2n) is 3.35. The summed E-state index contributed by atoms with van der Waals surface area (Å²) in [6.07, 6.45) is 0.209. The van der Waals surface area contributed by atoms with Gasteiger partial charge in [-0.3, -0.25) is 4.79 Å². The van der Waals surface area contributed by atoms with Crippen molar-refractivity contribution in [2.24, 2.45) is 10.8 Å². The molecule has 0 spiro atoms. The van der Waals surface area contributed by atoms with E-state index in [0.29, 0.717) is 17.3 Å². The van der Waals surface area contributed by atoms with E-state index in [1.807, 2.05) is 12.1 Å². The Morgan fingerprint density at radius 2 is 2.19 bits per heavy atom. The van der Waals surface area contributed by atoms with E-state index in [0.717, 1.165) is 5.56 Å². The smallest absolute Gasteiger partial charge is 0.244 e. The summed E-state index contributed by atoms with van der Waals surface area (Å²) in [4.78, 5) is 11.5. The molecule has 1 amide bonds. The molecule has 0 aliphatic carbocycles. The molecule has 86 valence electrons. The number of hydrogen-bond acceptors (Lipinski definition) is 3. The number of benzene rings is 1. The molecule has 3 N–H and O–H groups in total. The van der Waals surface area contributed by atoms with Gasteiger partial charge in [-0.2, -0.15) is 5.10 Å². The average molecular weight is 240 g/mol. The molecule has 0 aliphatic rings. The average Bonchev–Trinajstić information content (AvgIpc) is 2.29. The van der Waals surface area contributed by atoms with Crippen LogP contribution in [0.15, 0.2) is 29.4 Å². The monoisotopic (exact) mass is 239 g/mol. The van der Waals surface area contributed by atoms with Crippen molar-refractivity contribution in [2.45, 2.75) is 13.3 Å². The van der Waals surface area contributed by atoms with Crippen LogP contribution < -0.4 is 11.2 Å². The Hall–Kier alpha value is -1.39. The number of amides is 1. The third-order valence-electron chi connectivity index (χ3n) is 1.98. The van der Waals surface area contributed by atoms with Crippen molar-refractivity contribution in [3.63, 3.8) is 0 Å². The van der Waals surface area contributed by atoms with Crippen molar-refractivity contribution in [2.75, 3.05) is 6.54 Å². The summed E-state index contributed by atoms with van der Waals surface area (Å²) in [5, 5.41) is 4.40. The van der Waals surface area contributed by atoms with Crippen LogP contribution in [-0.2, 0) is 11.2 Å². The molecule has 0 unspecified atom stereocenters. The number of rotatable bonds is 4. The highest BCUT2D eigenvalue weighted by Crippen LogP contribution is 2.14. The largest absolute Gasteiger partial charge is 0.325 e. The second-order valence-corrected chi connectivity index (χ2v) is 3.76. The normalized spacial score (nSPS) is 11.3. The Bertz CT molecular complexity index is 404. The molecule has 0 heterocycles. The van der Waals surface area contributed by atoms with Crippen molar-refractivity contribution >= 4 is 23.2 Å². The number of nitrogens with zero attached hydrogens (tertiary/aromatic N) is 1. The number of halogens is 1. The van der Waals surface area contributed by atoms with Crippen LogP contribution in [0.2, 0.25) is 5.02 Å². The van der Waals surface area contributed by atoms with Gasteiger partial charge < -0.3 is 5.73 Å². The third kappa shape index (κ3) is 4.00. The van der Waals surface area contributed by atoms with Crippen LogP contribution in [0, 0.1) is 0 Å². The van der Waals surface area contributed by atoms with Crippen molar-refractivity contribution in [3.8, 4) is 0 Å². The van der Waals surface area contributed by atoms with Gasteiger partial charge in [-0.15, -0.1) is 0 Å². The van der Waals surface area contributed by atoms with Crippen molar-refractivity contribution in [3.05, 3.63) is 34.9 Å². The standard InChI is InChI=1S/C11H14ClN3O/c1-8(7-13)14-15-11(16)6-9-4-2-3-5-10(9)12/h2-5H,6-7,13H2,1H3,(H,15,16). The Morgan fingerprint density at radius 3 is 2.81 bits per heavy atom. The van der Waals surface area contributed by atoms with E-state index in [-0.39, 0.29) is 12.3 Å². The number of carbonyl (C=O) groups excluding carboxylic acids is 1. The van der Waals surface area contributed by atoms with Crippen LogP contribution in [-0.4, -0.2) is 18.2 Å². The molecule has 0 radical (unpaired) electrons. The summed E-state index contributed by atoms with van der Waals surface area (Å²) < 4.78 is 0. The lowest BCUT2D eigenvalue weighted by molar-refractivity contribution is -0.120. The molecule has 1 rings (SSSR count). The Kier molecular flexibility index (Phi) is 4.95. The first-order chi connectivity index (χ1) is 7.63. The van der Waals surface area contributed by atoms with Crippen molar-refractivity contribution in [1.82, 2.24) is 5.43 Å². The first-order valence-electron chi connectivity index (χ1n) is 4.89. The Morgan fingerprint density at radius 1 is 1.50 bits per heavy atom. The minimum absolute atomic E-state index is 0.207. The zero-order valence-corrected chi connectivity index (χ0v) is 9.79. The first kappa shape index (κ1) is 12.7. The molecular formula is C11H14ClN3O. The Labute approximate surface area is 99.5 Å². The molecule has 0 fully saturated rings. The molecule has 16 heavy (non-hydrogen) atoms. The van der Waals surface area contributed by atoms with Gasteiger partial charge in [0, 0.05) is 17.3 Å². The van der Waals surface area contributed by atoms with Crippen LogP contribution in [0.5, 0.6) is 0 Å². The summed E-state index contributed by atoms with van der Waals surface area (Å²) in [6.45, 7) is 2.07. The van der Waals surface area contributed by atoms with Gasteiger partial charge in [-0.25, -0.2) is 5.43 Å². The van der Waals surface area contributed by atoms with Gasteiger partial charge in [-0.1, -0.05) is 29.8 Å². The maximum atomic E-state index is 11.5. The molecule has 1 aromatic rings. The van der Waals surface area contributed by atoms with E-state index in [2.05, 4.69) is 10.5 Å².